The van der Waals surface area contributed by atoms with Gasteiger partial charge in [0.25, 0.3) is 0 Å². The van der Waals surface area contributed by atoms with Gasteiger partial charge >= 0.3 is 0 Å². The number of ether oxygens (including phenoxy) is 2. The van der Waals surface area contributed by atoms with E-state index in [2.05, 4.69) is 14.9 Å². The van der Waals surface area contributed by atoms with Crippen LogP contribution < -0.4 is 14.2 Å². The van der Waals surface area contributed by atoms with E-state index in [1.165, 1.54) is 12.1 Å². The summed E-state index contributed by atoms with van der Waals surface area (Å²) in [6.07, 6.45) is 0. The van der Waals surface area contributed by atoms with Gasteiger partial charge in [-0.05, 0) is 24.6 Å². The maximum Gasteiger partial charge on any atom is 0.242 e. The minimum absolute atomic E-state index is 0.0698. The number of sulfonamides is 1. The Bertz CT molecular complexity index is 1060. The Labute approximate surface area is 149 Å². The highest BCUT2D eigenvalue weighted by Gasteiger charge is 2.21. The summed E-state index contributed by atoms with van der Waals surface area (Å²) in [4.78, 5) is 4.32. The monoisotopic (exact) mass is 373 g/mol. The fourth-order valence-corrected chi connectivity index (χ4v) is 3.53. The van der Waals surface area contributed by atoms with E-state index in [0.717, 1.165) is 11.1 Å². The van der Waals surface area contributed by atoms with Crippen LogP contribution in [0.5, 0.6) is 11.5 Å². The van der Waals surface area contributed by atoms with E-state index in [0.29, 0.717) is 17.3 Å². The Morgan fingerprint density at radius 3 is 2.77 bits per heavy atom. The standard InChI is InChI=1S/C17H15N3O5S/c1-11-4-2-3-5-13(11)17-19-16(25-20-17)9-18-26(21,22)12-6-7-14-15(8-12)24-10-23-14/h2-8,18H,9-10H2,1H3. The molecule has 4 rings (SSSR count). The summed E-state index contributed by atoms with van der Waals surface area (Å²) in [6.45, 7) is 1.90. The zero-order valence-corrected chi connectivity index (χ0v) is 14.6. The zero-order chi connectivity index (χ0) is 18.1. The van der Waals surface area contributed by atoms with Crippen LogP contribution in [0.1, 0.15) is 11.5 Å². The topological polar surface area (TPSA) is 104 Å². The van der Waals surface area contributed by atoms with Crippen LogP contribution in [0.25, 0.3) is 11.4 Å². The fraction of sp³-hybridized carbons (Fsp3) is 0.176. The number of aromatic nitrogens is 2. The second kappa shape index (κ2) is 6.43. The lowest BCUT2D eigenvalue weighted by molar-refractivity contribution is 0.174. The molecule has 2 aromatic carbocycles. The van der Waals surface area contributed by atoms with Crippen LogP contribution in [-0.2, 0) is 16.6 Å². The molecule has 1 N–H and O–H groups in total. The highest BCUT2D eigenvalue weighted by Crippen LogP contribution is 2.33. The molecule has 0 unspecified atom stereocenters. The lowest BCUT2D eigenvalue weighted by Crippen LogP contribution is -2.23. The van der Waals surface area contributed by atoms with Crippen molar-refractivity contribution in [1.29, 1.82) is 0 Å². The third kappa shape index (κ3) is 3.14. The van der Waals surface area contributed by atoms with Crippen molar-refractivity contribution in [1.82, 2.24) is 14.9 Å². The molecule has 9 heteroatoms. The van der Waals surface area contributed by atoms with Gasteiger partial charge in [-0.15, -0.1) is 0 Å². The van der Waals surface area contributed by atoms with Crippen molar-refractivity contribution in [3.63, 3.8) is 0 Å². The molecule has 0 bridgehead atoms. The molecule has 0 aliphatic carbocycles. The van der Waals surface area contributed by atoms with Crippen molar-refractivity contribution in [2.24, 2.45) is 0 Å². The summed E-state index contributed by atoms with van der Waals surface area (Å²) in [5, 5.41) is 3.91. The first-order chi connectivity index (χ1) is 12.5. The van der Waals surface area contributed by atoms with Gasteiger partial charge in [0.05, 0.1) is 11.4 Å². The predicted octanol–water partition coefficient (Wildman–Crippen LogP) is 2.25. The Kier molecular flexibility index (Phi) is 4.09. The number of aryl methyl sites for hydroxylation is 1. The van der Waals surface area contributed by atoms with Crippen molar-refractivity contribution in [2.75, 3.05) is 6.79 Å². The average Bonchev–Trinajstić information content (AvgIpc) is 3.29. The minimum atomic E-state index is -3.76. The smallest absolute Gasteiger partial charge is 0.242 e. The molecule has 8 nitrogen and oxygen atoms in total. The summed E-state index contributed by atoms with van der Waals surface area (Å²) >= 11 is 0. The summed E-state index contributed by atoms with van der Waals surface area (Å²) in [5.74, 6) is 1.50. The molecule has 0 saturated heterocycles. The molecule has 0 radical (unpaired) electrons. The molecule has 1 aromatic heterocycles. The van der Waals surface area contributed by atoms with Gasteiger partial charge in [0.2, 0.25) is 28.5 Å². The summed E-state index contributed by atoms with van der Waals surface area (Å²) < 4.78 is 42.9. The first-order valence-electron chi connectivity index (χ1n) is 7.81. The van der Waals surface area contributed by atoms with Crippen LogP contribution in [0.2, 0.25) is 0 Å². The van der Waals surface area contributed by atoms with Gasteiger partial charge in [-0.25, -0.2) is 13.1 Å². The fourth-order valence-electron chi connectivity index (χ4n) is 2.54. The lowest BCUT2D eigenvalue weighted by Gasteiger charge is -2.05. The summed E-state index contributed by atoms with van der Waals surface area (Å²) in [6, 6.07) is 12.0. The third-order valence-electron chi connectivity index (χ3n) is 3.92. The lowest BCUT2D eigenvalue weighted by atomic mass is 10.1. The van der Waals surface area contributed by atoms with E-state index < -0.39 is 10.0 Å². The van der Waals surface area contributed by atoms with Crippen molar-refractivity contribution in [2.45, 2.75) is 18.4 Å². The van der Waals surface area contributed by atoms with E-state index >= 15 is 0 Å². The number of hydrogen-bond donors (Lipinski definition) is 1. The average molecular weight is 373 g/mol. The minimum Gasteiger partial charge on any atom is -0.454 e. The van der Waals surface area contributed by atoms with Gasteiger partial charge in [0, 0.05) is 11.6 Å². The van der Waals surface area contributed by atoms with Gasteiger partial charge in [-0.3, -0.25) is 0 Å². The van der Waals surface area contributed by atoms with Gasteiger partial charge < -0.3 is 14.0 Å². The number of rotatable bonds is 5. The molecule has 0 amide bonds. The molecule has 0 saturated carbocycles. The van der Waals surface area contributed by atoms with Crippen molar-refractivity contribution in [3.05, 3.63) is 53.9 Å². The second-order valence-electron chi connectivity index (χ2n) is 5.67. The van der Waals surface area contributed by atoms with Gasteiger partial charge in [-0.2, -0.15) is 4.98 Å². The van der Waals surface area contributed by atoms with E-state index in [1.807, 2.05) is 31.2 Å². The Hall–Kier alpha value is -2.91. The maximum absolute atomic E-state index is 12.4. The van der Waals surface area contributed by atoms with Crippen LogP contribution in [-0.4, -0.2) is 25.4 Å². The van der Waals surface area contributed by atoms with E-state index in [4.69, 9.17) is 14.0 Å². The van der Waals surface area contributed by atoms with E-state index in [1.54, 1.807) is 6.07 Å². The molecule has 1 aliphatic heterocycles. The van der Waals surface area contributed by atoms with Crippen LogP contribution in [0.15, 0.2) is 51.9 Å². The van der Waals surface area contributed by atoms with E-state index in [-0.39, 0.29) is 24.1 Å². The van der Waals surface area contributed by atoms with Crippen molar-refractivity contribution >= 4 is 10.0 Å². The normalized spacial score (nSPS) is 13.1. The SMILES string of the molecule is Cc1ccccc1-c1noc(CNS(=O)(=O)c2ccc3c(c2)OCO3)n1. The van der Waals surface area contributed by atoms with E-state index in [9.17, 15) is 8.42 Å². The largest absolute Gasteiger partial charge is 0.454 e. The molecular weight excluding hydrogens is 358 g/mol. The molecule has 2 heterocycles. The third-order valence-corrected chi connectivity index (χ3v) is 5.32. The van der Waals surface area contributed by atoms with Crippen LogP contribution in [0.4, 0.5) is 0 Å². The summed E-state index contributed by atoms with van der Waals surface area (Å²) in [7, 11) is -3.76. The van der Waals surface area contributed by atoms with Gasteiger partial charge in [-0.1, -0.05) is 29.4 Å². The molecular formula is C17H15N3O5S. The molecule has 0 fully saturated rings. The predicted molar refractivity (Wildman–Crippen MR) is 91.1 cm³/mol. The highest BCUT2D eigenvalue weighted by molar-refractivity contribution is 7.89. The molecule has 26 heavy (non-hydrogen) atoms. The number of fused-ring (bicyclic) bond motifs is 1. The summed E-state index contributed by atoms with van der Waals surface area (Å²) in [5.41, 5.74) is 1.84. The maximum atomic E-state index is 12.4. The zero-order valence-electron chi connectivity index (χ0n) is 13.8. The van der Waals surface area contributed by atoms with Crippen LogP contribution >= 0.6 is 0 Å². The van der Waals surface area contributed by atoms with Crippen LogP contribution in [0.3, 0.4) is 0 Å². The quantitative estimate of drug-likeness (QED) is 0.731. The number of benzene rings is 2. The molecule has 134 valence electrons. The number of nitrogens with one attached hydrogen (secondary N) is 1. The molecule has 3 aromatic rings. The number of nitrogens with zero attached hydrogens (tertiary/aromatic N) is 2. The Morgan fingerprint density at radius 1 is 1.12 bits per heavy atom. The number of hydrogen-bond acceptors (Lipinski definition) is 7. The second-order valence-corrected chi connectivity index (χ2v) is 7.43. The highest BCUT2D eigenvalue weighted by atomic mass is 32.2. The van der Waals surface area contributed by atoms with Crippen molar-refractivity contribution < 1.29 is 22.4 Å². The van der Waals surface area contributed by atoms with Crippen LogP contribution in [0, 0.1) is 6.92 Å². The molecule has 0 atom stereocenters. The first kappa shape index (κ1) is 16.6. The molecule has 1 aliphatic rings. The van der Waals surface area contributed by atoms with Gasteiger partial charge in [0.1, 0.15) is 0 Å². The van der Waals surface area contributed by atoms with Crippen molar-refractivity contribution in [3.8, 4) is 22.9 Å². The Morgan fingerprint density at radius 2 is 1.92 bits per heavy atom. The first-order valence-corrected chi connectivity index (χ1v) is 9.29. The Balaban J connectivity index is 1.50. The van der Waals surface area contributed by atoms with Gasteiger partial charge in [0.15, 0.2) is 11.5 Å². The molecule has 0 spiro atoms.